The van der Waals surface area contributed by atoms with E-state index in [9.17, 15) is 13.2 Å². The van der Waals surface area contributed by atoms with Crippen molar-refractivity contribution >= 4 is 27.6 Å². The van der Waals surface area contributed by atoms with Crippen LogP contribution in [0.4, 0.5) is 0 Å². The zero-order valence-corrected chi connectivity index (χ0v) is 11.5. The molecule has 0 aliphatic carbocycles. The number of hydrogen-bond acceptors (Lipinski definition) is 3. The van der Waals surface area contributed by atoms with Gasteiger partial charge in [-0.05, 0) is 30.7 Å². The first-order valence-corrected chi connectivity index (χ1v) is 7.41. The van der Waals surface area contributed by atoms with Crippen LogP contribution in [0.3, 0.4) is 0 Å². The molecule has 19 heavy (non-hydrogen) atoms. The number of aliphatic carboxylic acids is 1. The number of hydrogen-bond donors (Lipinski definition) is 1. The molecule has 1 aromatic carbocycles. The van der Waals surface area contributed by atoms with E-state index in [0.717, 1.165) is 0 Å². The molecule has 0 spiro atoms. The highest BCUT2D eigenvalue weighted by Gasteiger charge is 2.28. The molecule has 0 aromatic heterocycles. The lowest BCUT2D eigenvalue weighted by molar-refractivity contribution is -0.132. The molecule has 0 fully saturated rings. The number of nitrogens with zero attached hydrogens (tertiary/aromatic N) is 1. The van der Waals surface area contributed by atoms with Gasteiger partial charge in [0.1, 0.15) is 0 Å². The van der Waals surface area contributed by atoms with Crippen molar-refractivity contribution < 1.29 is 18.3 Å². The molecule has 0 amide bonds. The Kier molecular flexibility index (Phi) is 3.93. The fourth-order valence-corrected chi connectivity index (χ4v) is 3.39. The number of halogens is 1. The van der Waals surface area contributed by atoms with Crippen LogP contribution in [0.2, 0.25) is 5.02 Å². The minimum absolute atomic E-state index is 0.101. The molecule has 1 N–H and O–H groups in total. The zero-order valence-electron chi connectivity index (χ0n) is 9.91. The van der Waals surface area contributed by atoms with Crippen LogP contribution in [0.1, 0.15) is 6.42 Å². The molecule has 5 nitrogen and oxygen atoms in total. The molecule has 0 saturated heterocycles. The first-order chi connectivity index (χ1) is 8.91. The Morgan fingerprint density at radius 1 is 1.26 bits per heavy atom. The van der Waals surface area contributed by atoms with Gasteiger partial charge in [-0.2, -0.15) is 4.31 Å². The average Bonchev–Trinajstić information content (AvgIpc) is 2.39. The third-order valence-electron chi connectivity index (χ3n) is 2.84. The molecule has 0 radical (unpaired) electrons. The van der Waals surface area contributed by atoms with E-state index in [-0.39, 0.29) is 23.6 Å². The van der Waals surface area contributed by atoms with Crippen molar-refractivity contribution in [1.82, 2.24) is 4.31 Å². The monoisotopic (exact) mass is 301 g/mol. The molecule has 102 valence electrons. The molecule has 1 aliphatic rings. The van der Waals surface area contributed by atoms with Crippen LogP contribution >= 0.6 is 11.6 Å². The summed E-state index contributed by atoms with van der Waals surface area (Å²) in [5.74, 6) is -1.09. The molecule has 0 atom stereocenters. The van der Waals surface area contributed by atoms with Crippen LogP contribution < -0.4 is 0 Å². The summed E-state index contributed by atoms with van der Waals surface area (Å²) in [4.78, 5) is 11.0. The van der Waals surface area contributed by atoms with Gasteiger partial charge in [-0.1, -0.05) is 17.7 Å². The Balaban J connectivity index is 2.28. The van der Waals surface area contributed by atoms with Crippen LogP contribution in [-0.2, 0) is 14.8 Å². The topological polar surface area (TPSA) is 74.7 Å². The Labute approximate surface area is 116 Å². The molecular formula is C12H12ClNO4S. The van der Waals surface area contributed by atoms with E-state index < -0.39 is 16.0 Å². The molecule has 0 unspecified atom stereocenters. The van der Waals surface area contributed by atoms with Crippen molar-refractivity contribution in [2.45, 2.75) is 11.3 Å². The molecule has 1 aliphatic heterocycles. The number of benzene rings is 1. The summed E-state index contributed by atoms with van der Waals surface area (Å²) in [6.07, 6.45) is 1.95. The van der Waals surface area contributed by atoms with Gasteiger partial charge in [-0.3, -0.25) is 0 Å². The largest absolute Gasteiger partial charge is 0.478 e. The third kappa shape index (κ3) is 2.97. The number of rotatable bonds is 3. The van der Waals surface area contributed by atoms with E-state index in [4.69, 9.17) is 16.7 Å². The van der Waals surface area contributed by atoms with Gasteiger partial charge in [0.15, 0.2) is 0 Å². The summed E-state index contributed by atoms with van der Waals surface area (Å²) in [5.41, 5.74) is 0.101. The fourth-order valence-electron chi connectivity index (χ4n) is 1.83. The molecular weight excluding hydrogens is 290 g/mol. The number of carboxylic acid groups (broad SMARTS) is 1. The van der Waals surface area contributed by atoms with Crippen molar-refractivity contribution in [1.29, 1.82) is 0 Å². The smallest absolute Gasteiger partial charge is 0.332 e. The lowest BCUT2D eigenvalue weighted by atomic mass is 10.1. The van der Waals surface area contributed by atoms with Crippen LogP contribution in [0, 0.1) is 0 Å². The highest BCUT2D eigenvalue weighted by atomic mass is 35.5. The van der Waals surface area contributed by atoms with Crippen molar-refractivity contribution in [3.63, 3.8) is 0 Å². The number of sulfonamides is 1. The van der Waals surface area contributed by atoms with Gasteiger partial charge in [0, 0.05) is 23.7 Å². The molecule has 1 aromatic rings. The number of carboxylic acids is 1. The summed E-state index contributed by atoms with van der Waals surface area (Å²) < 4.78 is 25.8. The molecule has 0 saturated carbocycles. The standard InChI is InChI=1S/C12H12ClNO4S/c13-10-3-5-11(6-4-10)19(17,18)14-7-1-2-9(8-14)12(15)16/h2-6H,1,7-8H2,(H,15,16). The van der Waals surface area contributed by atoms with E-state index in [1.807, 2.05) is 0 Å². The summed E-state index contributed by atoms with van der Waals surface area (Å²) in [5, 5.41) is 9.37. The van der Waals surface area contributed by atoms with Gasteiger partial charge < -0.3 is 5.11 Å². The maximum Gasteiger partial charge on any atom is 0.332 e. The van der Waals surface area contributed by atoms with Gasteiger partial charge in [-0.25, -0.2) is 13.2 Å². The normalized spacial score (nSPS) is 17.0. The summed E-state index contributed by atoms with van der Waals surface area (Å²) in [6, 6.07) is 5.81. The first-order valence-electron chi connectivity index (χ1n) is 5.59. The Bertz CT molecular complexity index is 622. The Morgan fingerprint density at radius 3 is 2.47 bits per heavy atom. The van der Waals surface area contributed by atoms with Gasteiger partial charge in [0.25, 0.3) is 0 Å². The summed E-state index contributed by atoms with van der Waals surface area (Å²) in [7, 11) is -3.67. The lowest BCUT2D eigenvalue weighted by Crippen LogP contribution is -2.37. The van der Waals surface area contributed by atoms with E-state index >= 15 is 0 Å². The first kappa shape index (κ1) is 14.0. The van der Waals surface area contributed by atoms with Gasteiger partial charge in [-0.15, -0.1) is 0 Å². The van der Waals surface area contributed by atoms with Gasteiger partial charge >= 0.3 is 5.97 Å². The Hall–Kier alpha value is -1.37. The maximum absolute atomic E-state index is 12.3. The minimum Gasteiger partial charge on any atom is -0.478 e. The fraction of sp³-hybridized carbons (Fsp3) is 0.250. The predicted octanol–water partition coefficient (Wildman–Crippen LogP) is 1.75. The second-order valence-electron chi connectivity index (χ2n) is 4.12. The Morgan fingerprint density at radius 2 is 1.89 bits per heavy atom. The molecule has 0 bridgehead atoms. The van der Waals surface area contributed by atoms with E-state index in [0.29, 0.717) is 11.4 Å². The second kappa shape index (κ2) is 5.32. The van der Waals surface area contributed by atoms with Crippen LogP contribution in [0.25, 0.3) is 0 Å². The van der Waals surface area contributed by atoms with Crippen molar-refractivity contribution in [2.24, 2.45) is 0 Å². The summed E-state index contributed by atoms with van der Waals surface area (Å²) in [6.45, 7) is 0.169. The zero-order chi connectivity index (χ0) is 14.0. The van der Waals surface area contributed by atoms with Gasteiger partial charge in [0.2, 0.25) is 10.0 Å². The molecule has 1 heterocycles. The van der Waals surface area contributed by atoms with E-state index in [2.05, 4.69) is 0 Å². The van der Waals surface area contributed by atoms with Crippen LogP contribution in [0.15, 0.2) is 40.8 Å². The van der Waals surface area contributed by atoms with Crippen molar-refractivity contribution in [3.05, 3.63) is 40.9 Å². The van der Waals surface area contributed by atoms with Gasteiger partial charge in [0.05, 0.1) is 4.90 Å². The van der Waals surface area contributed by atoms with Crippen LogP contribution in [0.5, 0.6) is 0 Å². The third-order valence-corrected chi connectivity index (χ3v) is 4.95. The highest BCUT2D eigenvalue weighted by molar-refractivity contribution is 7.89. The predicted molar refractivity (Wildman–Crippen MR) is 70.5 cm³/mol. The maximum atomic E-state index is 12.3. The quantitative estimate of drug-likeness (QED) is 0.923. The van der Waals surface area contributed by atoms with Crippen molar-refractivity contribution in [2.75, 3.05) is 13.1 Å². The summed E-state index contributed by atoms with van der Waals surface area (Å²) >= 11 is 5.72. The second-order valence-corrected chi connectivity index (χ2v) is 6.49. The highest BCUT2D eigenvalue weighted by Crippen LogP contribution is 2.22. The SMILES string of the molecule is O=C(O)C1=CCCN(S(=O)(=O)c2ccc(Cl)cc2)C1. The van der Waals surface area contributed by atoms with E-state index in [1.54, 1.807) is 6.08 Å². The molecule has 7 heteroatoms. The molecule has 2 rings (SSSR count). The average molecular weight is 302 g/mol. The van der Waals surface area contributed by atoms with Crippen LogP contribution in [-0.4, -0.2) is 36.9 Å². The van der Waals surface area contributed by atoms with Crippen molar-refractivity contribution in [3.8, 4) is 0 Å². The minimum atomic E-state index is -3.67. The lowest BCUT2D eigenvalue weighted by Gasteiger charge is -2.25. The number of carbonyl (C=O) groups is 1. The van der Waals surface area contributed by atoms with E-state index in [1.165, 1.54) is 28.6 Å².